The van der Waals surface area contributed by atoms with E-state index in [1.807, 2.05) is 23.1 Å². The van der Waals surface area contributed by atoms with Crippen molar-refractivity contribution in [3.05, 3.63) is 70.4 Å². The van der Waals surface area contributed by atoms with Gasteiger partial charge in [0.1, 0.15) is 17.4 Å². The second kappa shape index (κ2) is 11.7. The number of aliphatic carboxylic acids is 1. The maximum Gasteiger partial charge on any atom is 0.308 e. The van der Waals surface area contributed by atoms with Gasteiger partial charge >= 0.3 is 5.97 Å². The standard InChI is InChI=1S/C28H27ClF2N2O3/c1-36-22-7-8-27-24(15-22)23(26(29)16-32-27)6-2-5-19-9-11-33(17-25(19)28(34)35)10-3-4-18-12-20(30)14-21(31)13-18/h7-8,12-16,19,25H,2,5-6,9-11,17H2,1H3,(H,34,35)/t19-,25+/m0/s1. The van der Waals surface area contributed by atoms with Crippen LogP contribution in [0, 0.1) is 35.3 Å². The molecule has 1 aromatic heterocycles. The Hall–Kier alpha value is -3.21. The van der Waals surface area contributed by atoms with Gasteiger partial charge in [0.05, 0.1) is 30.1 Å². The number of carboxylic acids is 1. The average molecular weight is 513 g/mol. The number of aryl methyl sites for hydroxylation is 1. The summed E-state index contributed by atoms with van der Waals surface area (Å²) in [6.45, 7) is 1.45. The Morgan fingerprint density at radius 3 is 2.75 bits per heavy atom. The van der Waals surface area contributed by atoms with Gasteiger partial charge in [-0.15, -0.1) is 0 Å². The molecule has 188 valence electrons. The van der Waals surface area contributed by atoms with Crippen LogP contribution < -0.4 is 4.74 Å². The quantitative estimate of drug-likeness (QED) is 0.419. The minimum Gasteiger partial charge on any atom is -0.497 e. The summed E-state index contributed by atoms with van der Waals surface area (Å²) in [4.78, 5) is 18.4. The normalized spacial score (nSPS) is 18.0. The highest BCUT2D eigenvalue weighted by Crippen LogP contribution is 2.32. The van der Waals surface area contributed by atoms with E-state index in [-0.39, 0.29) is 11.5 Å². The first-order valence-electron chi connectivity index (χ1n) is 11.9. The second-order valence-electron chi connectivity index (χ2n) is 9.05. The third-order valence-electron chi connectivity index (χ3n) is 6.69. The Bertz CT molecular complexity index is 1300. The molecular formula is C28H27ClF2N2O3. The van der Waals surface area contributed by atoms with E-state index in [9.17, 15) is 18.7 Å². The highest BCUT2D eigenvalue weighted by Gasteiger charge is 2.33. The van der Waals surface area contributed by atoms with Gasteiger partial charge < -0.3 is 9.84 Å². The molecule has 0 unspecified atom stereocenters. The maximum absolute atomic E-state index is 13.3. The molecular weight excluding hydrogens is 486 g/mol. The number of nitrogens with zero attached hydrogens (tertiary/aromatic N) is 2. The van der Waals surface area contributed by atoms with Crippen molar-refractivity contribution in [2.45, 2.75) is 25.7 Å². The summed E-state index contributed by atoms with van der Waals surface area (Å²) in [5.74, 6) is 3.79. The molecule has 1 fully saturated rings. The number of ether oxygens (including phenoxy) is 1. The Morgan fingerprint density at radius 1 is 1.25 bits per heavy atom. The van der Waals surface area contributed by atoms with Crippen LogP contribution in [0.4, 0.5) is 8.78 Å². The number of likely N-dealkylation sites (tertiary alicyclic amines) is 1. The van der Waals surface area contributed by atoms with Gasteiger partial charge in [-0.05, 0) is 74.0 Å². The second-order valence-corrected chi connectivity index (χ2v) is 9.46. The summed E-state index contributed by atoms with van der Waals surface area (Å²) >= 11 is 6.47. The number of benzene rings is 2. The van der Waals surface area contributed by atoms with Gasteiger partial charge in [-0.25, -0.2) is 8.78 Å². The number of pyridine rings is 1. The Morgan fingerprint density at radius 2 is 2.03 bits per heavy atom. The number of fused-ring (bicyclic) bond motifs is 1. The van der Waals surface area contributed by atoms with Crippen molar-refractivity contribution < 1.29 is 23.4 Å². The van der Waals surface area contributed by atoms with Crippen molar-refractivity contribution in [3.8, 4) is 17.6 Å². The van der Waals surface area contributed by atoms with E-state index in [2.05, 4.69) is 16.8 Å². The van der Waals surface area contributed by atoms with E-state index in [1.165, 1.54) is 12.1 Å². The van der Waals surface area contributed by atoms with Crippen LogP contribution in [-0.4, -0.2) is 47.7 Å². The maximum atomic E-state index is 13.3. The lowest BCUT2D eigenvalue weighted by Gasteiger charge is -2.35. The molecule has 8 heteroatoms. The molecule has 0 amide bonds. The summed E-state index contributed by atoms with van der Waals surface area (Å²) < 4.78 is 32.0. The molecule has 1 N–H and O–H groups in total. The fourth-order valence-electron chi connectivity index (χ4n) is 4.84. The van der Waals surface area contributed by atoms with Crippen LogP contribution in [0.25, 0.3) is 10.9 Å². The third kappa shape index (κ3) is 6.31. The van der Waals surface area contributed by atoms with Crippen molar-refractivity contribution in [1.82, 2.24) is 9.88 Å². The largest absolute Gasteiger partial charge is 0.497 e. The molecule has 0 aliphatic carbocycles. The Labute approximate surface area is 214 Å². The molecule has 0 bridgehead atoms. The number of rotatable bonds is 7. The van der Waals surface area contributed by atoms with Gasteiger partial charge in [-0.2, -0.15) is 0 Å². The number of carboxylic acid groups (broad SMARTS) is 1. The predicted octanol–water partition coefficient (Wildman–Crippen LogP) is 5.57. The van der Waals surface area contributed by atoms with Crippen LogP contribution in [0.3, 0.4) is 0 Å². The van der Waals surface area contributed by atoms with Gasteiger partial charge in [0.25, 0.3) is 0 Å². The number of aromatic nitrogens is 1. The van der Waals surface area contributed by atoms with Gasteiger partial charge in [0.15, 0.2) is 0 Å². The molecule has 2 aromatic carbocycles. The van der Waals surface area contributed by atoms with Crippen molar-refractivity contribution in [1.29, 1.82) is 0 Å². The lowest BCUT2D eigenvalue weighted by molar-refractivity contribution is -0.146. The van der Waals surface area contributed by atoms with E-state index in [0.717, 1.165) is 54.1 Å². The van der Waals surface area contributed by atoms with E-state index in [4.69, 9.17) is 16.3 Å². The fraction of sp³-hybridized carbons (Fsp3) is 0.357. The number of halogens is 3. The molecule has 0 saturated carbocycles. The minimum absolute atomic E-state index is 0.0467. The lowest BCUT2D eigenvalue weighted by Crippen LogP contribution is -2.44. The molecule has 0 radical (unpaired) electrons. The van der Waals surface area contributed by atoms with E-state index in [0.29, 0.717) is 24.5 Å². The molecule has 36 heavy (non-hydrogen) atoms. The Kier molecular flexibility index (Phi) is 8.40. The molecule has 2 heterocycles. The number of piperidine rings is 1. The molecule has 5 nitrogen and oxygen atoms in total. The molecule has 2 atom stereocenters. The van der Waals surface area contributed by atoms with Crippen LogP contribution in [0.15, 0.2) is 42.6 Å². The Balaban J connectivity index is 1.37. The first kappa shape index (κ1) is 25.9. The lowest BCUT2D eigenvalue weighted by atomic mass is 9.81. The van der Waals surface area contributed by atoms with E-state index >= 15 is 0 Å². The monoisotopic (exact) mass is 512 g/mol. The zero-order chi connectivity index (χ0) is 25.7. The topological polar surface area (TPSA) is 62.7 Å². The number of hydrogen-bond acceptors (Lipinski definition) is 4. The molecule has 1 aliphatic rings. The van der Waals surface area contributed by atoms with Gasteiger partial charge in [-0.3, -0.25) is 14.7 Å². The number of methoxy groups -OCH3 is 1. The average Bonchev–Trinajstić information content (AvgIpc) is 2.85. The van der Waals surface area contributed by atoms with Crippen molar-refractivity contribution >= 4 is 28.5 Å². The smallest absolute Gasteiger partial charge is 0.308 e. The molecule has 0 spiro atoms. The minimum atomic E-state index is -0.818. The number of hydrogen-bond donors (Lipinski definition) is 1. The SMILES string of the molecule is COc1ccc2ncc(Cl)c(CCC[C@H]3CCN(CC#Cc4cc(F)cc(F)c4)C[C@H]3C(=O)O)c2c1. The van der Waals surface area contributed by atoms with Crippen LogP contribution in [0.5, 0.6) is 5.75 Å². The summed E-state index contributed by atoms with van der Waals surface area (Å²) in [7, 11) is 1.62. The zero-order valence-corrected chi connectivity index (χ0v) is 20.7. The van der Waals surface area contributed by atoms with E-state index < -0.39 is 23.5 Å². The van der Waals surface area contributed by atoms with Crippen LogP contribution in [-0.2, 0) is 11.2 Å². The van der Waals surface area contributed by atoms with Crippen molar-refractivity contribution in [3.63, 3.8) is 0 Å². The first-order chi connectivity index (χ1) is 17.3. The third-order valence-corrected chi connectivity index (χ3v) is 7.02. The fourth-order valence-corrected chi connectivity index (χ4v) is 5.09. The van der Waals surface area contributed by atoms with Gasteiger partial charge in [-0.1, -0.05) is 23.4 Å². The van der Waals surface area contributed by atoms with E-state index in [1.54, 1.807) is 13.3 Å². The highest BCUT2D eigenvalue weighted by atomic mass is 35.5. The molecule has 4 rings (SSSR count). The molecule has 3 aromatic rings. The zero-order valence-electron chi connectivity index (χ0n) is 19.9. The van der Waals surface area contributed by atoms with Crippen LogP contribution >= 0.6 is 11.6 Å². The van der Waals surface area contributed by atoms with Gasteiger partial charge in [0.2, 0.25) is 0 Å². The summed E-state index contributed by atoms with van der Waals surface area (Å²) in [6.07, 6.45) is 4.68. The molecule has 1 saturated heterocycles. The van der Waals surface area contributed by atoms with Crippen LogP contribution in [0.2, 0.25) is 5.02 Å². The summed E-state index contributed by atoms with van der Waals surface area (Å²) in [5, 5.41) is 11.4. The summed E-state index contributed by atoms with van der Waals surface area (Å²) in [5.41, 5.74) is 2.10. The predicted molar refractivity (Wildman–Crippen MR) is 135 cm³/mol. The summed E-state index contributed by atoms with van der Waals surface area (Å²) in [6, 6.07) is 8.85. The molecule has 1 aliphatic heterocycles. The first-order valence-corrected chi connectivity index (χ1v) is 12.2. The number of carbonyl (C=O) groups is 1. The highest BCUT2D eigenvalue weighted by molar-refractivity contribution is 6.32. The van der Waals surface area contributed by atoms with Crippen molar-refractivity contribution in [2.24, 2.45) is 11.8 Å². The van der Waals surface area contributed by atoms with Gasteiger partial charge in [0, 0.05) is 29.8 Å². The van der Waals surface area contributed by atoms with Crippen LogP contribution in [0.1, 0.15) is 30.4 Å². The van der Waals surface area contributed by atoms with Crippen molar-refractivity contribution in [2.75, 3.05) is 26.7 Å².